The largest absolute Gasteiger partial charge is 0.505 e. The topological polar surface area (TPSA) is 75.1 Å². The van der Waals surface area contributed by atoms with Crippen LogP contribution in [0.5, 0.6) is 5.75 Å². The second-order valence-corrected chi connectivity index (χ2v) is 4.82. The van der Waals surface area contributed by atoms with Crippen molar-refractivity contribution in [2.45, 2.75) is 0 Å². The molecule has 5 nitrogen and oxygen atoms in total. The number of amides is 1. The Hall–Kier alpha value is -2.66. The Morgan fingerprint density at radius 3 is 2.62 bits per heavy atom. The van der Waals surface area contributed by atoms with Crippen LogP contribution < -0.4 is 5.32 Å². The lowest BCUT2D eigenvalue weighted by molar-refractivity contribution is 0.101. The Balaban J connectivity index is 2.00. The van der Waals surface area contributed by atoms with Gasteiger partial charge in [-0.3, -0.25) is 4.79 Å². The molecule has 0 atom stereocenters. The SMILES string of the molecule is O=C(Nc1ccccc1)c1nnc2ccc(Cl)cc2c1O. The normalized spacial score (nSPS) is 10.5. The van der Waals surface area contributed by atoms with Gasteiger partial charge in [0.25, 0.3) is 5.91 Å². The van der Waals surface area contributed by atoms with Crippen LogP contribution in [0.25, 0.3) is 10.9 Å². The van der Waals surface area contributed by atoms with E-state index in [0.717, 1.165) is 0 Å². The van der Waals surface area contributed by atoms with E-state index in [1.54, 1.807) is 42.5 Å². The second-order valence-electron chi connectivity index (χ2n) is 4.38. The number of nitrogens with zero attached hydrogens (tertiary/aromatic N) is 2. The maximum atomic E-state index is 12.2. The predicted octanol–water partition coefficient (Wildman–Crippen LogP) is 3.24. The van der Waals surface area contributed by atoms with E-state index in [9.17, 15) is 9.90 Å². The number of carbonyl (C=O) groups is 1. The Kier molecular flexibility index (Phi) is 3.41. The maximum absolute atomic E-state index is 12.2. The molecule has 0 fully saturated rings. The van der Waals surface area contributed by atoms with E-state index in [1.165, 1.54) is 0 Å². The number of anilines is 1. The number of aromatic nitrogens is 2. The van der Waals surface area contributed by atoms with Crippen molar-refractivity contribution in [3.63, 3.8) is 0 Å². The molecule has 6 heteroatoms. The number of carbonyl (C=O) groups excluding carboxylic acids is 1. The van der Waals surface area contributed by atoms with Crippen LogP contribution in [0.3, 0.4) is 0 Å². The predicted molar refractivity (Wildman–Crippen MR) is 80.6 cm³/mol. The summed E-state index contributed by atoms with van der Waals surface area (Å²) >= 11 is 5.89. The highest BCUT2D eigenvalue weighted by molar-refractivity contribution is 6.31. The zero-order chi connectivity index (χ0) is 14.8. The maximum Gasteiger partial charge on any atom is 0.280 e. The number of halogens is 1. The lowest BCUT2D eigenvalue weighted by Gasteiger charge is -2.07. The Labute approximate surface area is 125 Å². The molecule has 2 aromatic carbocycles. The third-order valence-electron chi connectivity index (χ3n) is 2.94. The summed E-state index contributed by atoms with van der Waals surface area (Å²) in [4.78, 5) is 12.2. The van der Waals surface area contributed by atoms with Crippen LogP contribution in [0.4, 0.5) is 5.69 Å². The third-order valence-corrected chi connectivity index (χ3v) is 3.18. The highest BCUT2D eigenvalue weighted by Crippen LogP contribution is 2.28. The summed E-state index contributed by atoms with van der Waals surface area (Å²) < 4.78 is 0. The van der Waals surface area contributed by atoms with Gasteiger partial charge in [-0.15, -0.1) is 10.2 Å². The van der Waals surface area contributed by atoms with Crippen molar-refractivity contribution >= 4 is 34.1 Å². The van der Waals surface area contributed by atoms with Crippen molar-refractivity contribution in [2.75, 3.05) is 5.32 Å². The lowest BCUT2D eigenvalue weighted by Crippen LogP contribution is -2.14. The van der Waals surface area contributed by atoms with Gasteiger partial charge in [-0.1, -0.05) is 29.8 Å². The molecule has 21 heavy (non-hydrogen) atoms. The summed E-state index contributed by atoms with van der Waals surface area (Å²) in [5, 5.41) is 21.4. The first-order chi connectivity index (χ1) is 10.1. The highest BCUT2D eigenvalue weighted by Gasteiger charge is 2.17. The minimum absolute atomic E-state index is 0.145. The van der Waals surface area contributed by atoms with Gasteiger partial charge >= 0.3 is 0 Å². The third kappa shape index (κ3) is 2.64. The lowest BCUT2D eigenvalue weighted by atomic mass is 10.2. The molecule has 0 spiro atoms. The van der Waals surface area contributed by atoms with Gasteiger partial charge in [-0.2, -0.15) is 0 Å². The molecule has 0 aliphatic heterocycles. The zero-order valence-electron chi connectivity index (χ0n) is 10.7. The fourth-order valence-corrected chi connectivity index (χ4v) is 2.10. The molecule has 104 valence electrons. The number of para-hydroxylation sites is 1. The van der Waals surface area contributed by atoms with Gasteiger partial charge in [0, 0.05) is 16.1 Å². The highest BCUT2D eigenvalue weighted by atomic mass is 35.5. The fraction of sp³-hybridized carbons (Fsp3) is 0. The van der Waals surface area contributed by atoms with Crippen LogP contribution in [-0.4, -0.2) is 21.2 Å². The molecule has 0 saturated heterocycles. The first-order valence-corrected chi connectivity index (χ1v) is 6.54. The van der Waals surface area contributed by atoms with Crippen LogP contribution in [-0.2, 0) is 0 Å². The fourth-order valence-electron chi connectivity index (χ4n) is 1.93. The van der Waals surface area contributed by atoms with Crippen molar-refractivity contribution in [3.8, 4) is 5.75 Å². The number of hydrogen-bond acceptors (Lipinski definition) is 4. The van der Waals surface area contributed by atoms with E-state index in [2.05, 4.69) is 15.5 Å². The number of aromatic hydroxyl groups is 1. The first kappa shape index (κ1) is 13.3. The number of hydrogen-bond donors (Lipinski definition) is 2. The van der Waals surface area contributed by atoms with Gasteiger partial charge in [0.1, 0.15) is 0 Å². The zero-order valence-corrected chi connectivity index (χ0v) is 11.5. The molecule has 3 rings (SSSR count). The van der Waals surface area contributed by atoms with E-state index >= 15 is 0 Å². The minimum Gasteiger partial charge on any atom is -0.505 e. The standard InChI is InChI=1S/C15H10ClN3O2/c16-9-6-7-12-11(8-9)14(20)13(19-18-12)15(21)17-10-4-2-1-3-5-10/h1-8H,(H,17,21)(H,18,20). The van der Waals surface area contributed by atoms with Gasteiger partial charge < -0.3 is 10.4 Å². The van der Waals surface area contributed by atoms with E-state index in [4.69, 9.17) is 11.6 Å². The minimum atomic E-state index is -0.534. The number of fused-ring (bicyclic) bond motifs is 1. The van der Waals surface area contributed by atoms with Crippen LogP contribution in [0, 0.1) is 0 Å². The molecule has 0 saturated carbocycles. The molecular formula is C15H10ClN3O2. The summed E-state index contributed by atoms with van der Waals surface area (Å²) in [7, 11) is 0. The van der Waals surface area contributed by atoms with E-state index in [1.807, 2.05) is 6.07 Å². The van der Waals surface area contributed by atoms with Gasteiger partial charge in [0.2, 0.25) is 0 Å². The summed E-state index contributed by atoms with van der Waals surface area (Å²) in [5.41, 5.74) is 0.927. The van der Waals surface area contributed by atoms with Gasteiger partial charge in [0.05, 0.1) is 5.52 Å². The molecule has 3 aromatic rings. The monoisotopic (exact) mass is 299 g/mol. The molecular weight excluding hydrogens is 290 g/mol. The Morgan fingerprint density at radius 1 is 1.10 bits per heavy atom. The summed E-state index contributed by atoms with van der Waals surface area (Å²) in [6.45, 7) is 0. The molecule has 1 heterocycles. The summed E-state index contributed by atoms with van der Waals surface area (Å²) in [6, 6.07) is 13.7. The number of nitrogens with one attached hydrogen (secondary N) is 1. The van der Waals surface area contributed by atoms with E-state index < -0.39 is 5.91 Å². The van der Waals surface area contributed by atoms with Crippen molar-refractivity contribution in [1.82, 2.24) is 10.2 Å². The van der Waals surface area contributed by atoms with Crippen molar-refractivity contribution in [3.05, 3.63) is 59.2 Å². The van der Waals surface area contributed by atoms with Gasteiger partial charge in [0.15, 0.2) is 11.4 Å². The van der Waals surface area contributed by atoms with Crippen molar-refractivity contribution in [1.29, 1.82) is 0 Å². The molecule has 0 radical (unpaired) electrons. The molecule has 0 bridgehead atoms. The van der Waals surface area contributed by atoms with Crippen LogP contribution in [0.2, 0.25) is 5.02 Å². The average molecular weight is 300 g/mol. The van der Waals surface area contributed by atoms with E-state index in [-0.39, 0.29) is 11.4 Å². The molecule has 0 unspecified atom stereocenters. The molecule has 2 N–H and O–H groups in total. The average Bonchev–Trinajstić information content (AvgIpc) is 2.49. The Bertz CT molecular complexity index is 822. The van der Waals surface area contributed by atoms with Crippen LogP contribution in [0.1, 0.15) is 10.5 Å². The quantitative estimate of drug-likeness (QED) is 0.761. The molecule has 1 aromatic heterocycles. The van der Waals surface area contributed by atoms with Crippen LogP contribution in [0.15, 0.2) is 48.5 Å². The Morgan fingerprint density at radius 2 is 1.86 bits per heavy atom. The van der Waals surface area contributed by atoms with Gasteiger partial charge in [-0.25, -0.2) is 0 Å². The van der Waals surface area contributed by atoms with Crippen molar-refractivity contribution in [2.24, 2.45) is 0 Å². The smallest absolute Gasteiger partial charge is 0.280 e. The first-order valence-electron chi connectivity index (χ1n) is 6.16. The summed E-state index contributed by atoms with van der Waals surface area (Å²) in [6.07, 6.45) is 0. The number of benzene rings is 2. The second kappa shape index (κ2) is 5.38. The van der Waals surface area contributed by atoms with Crippen LogP contribution >= 0.6 is 11.6 Å². The molecule has 0 aliphatic rings. The van der Waals surface area contributed by atoms with Gasteiger partial charge in [-0.05, 0) is 30.3 Å². The summed E-state index contributed by atoms with van der Waals surface area (Å²) in [5.74, 6) is -0.774. The van der Waals surface area contributed by atoms with E-state index in [0.29, 0.717) is 21.6 Å². The molecule has 1 amide bonds. The number of rotatable bonds is 2. The van der Waals surface area contributed by atoms with Crippen molar-refractivity contribution < 1.29 is 9.90 Å². The molecule has 0 aliphatic carbocycles.